The van der Waals surface area contributed by atoms with Gasteiger partial charge in [-0.2, -0.15) is 0 Å². The van der Waals surface area contributed by atoms with Gasteiger partial charge in [-0.05, 0) is 85.0 Å². The summed E-state index contributed by atoms with van der Waals surface area (Å²) in [5.41, 5.74) is 3.07. The van der Waals surface area contributed by atoms with Crippen LogP contribution in [0.3, 0.4) is 0 Å². The van der Waals surface area contributed by atoms with Crippen molar-refractivity contribution in [3.8, 4) is 22.8 Å². The van der Waals surface area contributed by atoms with E-state index >= 15 is 0 Å². The van der Waals surface area contributed by atoms with Crippen LogP contribution in [-0.2, 0) is 4.79 Å². The third kappa shape index (κ3) is 6.04. The van der Waals surface area contributed by atoms with Crippen molar-refractivity contribution in [2.24, 2.45) is 0 Å². The summed E-state index contributed by atoms with van der Waals surface area (Å²) in [6, 6.07) is 18.9. The number of benzene rings is 3. The van der Waals surface area contributed by atoms with Crippen LogP contribution in [0.15, 0.2) is 81.6 Å². The number of aromatic nitrogens is 1. The van der Waals surface area contributed by atoms with Gasteiger partial charge in [0.15, 0.2) is 10.7 Å². The van der Waals surface area contributed by atoms with Gasteiger partial charge in [-0.25, -0.2) is 4.98 Å². The molecule has 5 rings (SSSR count). The Morgan fingerprint density at radius 1 is 0.842 bits per heavy atom. The summed E-state index contributed by atoms with van der Waals surface area (Å²) in [5.74, 6) is 0.938. The number of nitrogens with zero attached hydrogens (tertiary/aromatic N) is 1. The molecule has 5 aromatic rings. The molecule has 0 atom stereocenters. The number of nitrogens with one attached hydrogen (secondary N) is 2. The Hall–Kier alpha value is -3.33. The van der Waals surface area contributed by atoms with Crippen molar-refractivity contribution in [1.82, 2.24) is 10.3 Å². The van der Waals surface area contributed by atoms with Crippen LogP contribution in [0.25, 0.3) is 40.0 Å². The van der Waals surface area contributed by atoms with Gasteiger partial charge in [-0.1, -0.05) is 46.4 Å². The van der Waals surface area contributed by atoms with Crippen molar-refractivity contribution in [1.29, 1.82) is 0 Å². The van der Waals surface area contributed by atoms with Crippen LogP contribution in [0, 0.1) is 0 Å². The topological polar surface area (TPSA) is 80.3 Å². The lowest BCUT2D eigenvalue weighted by Gasteiger charge is -2.07. The molecule has 2 heterocycles. The highest BCUT2D eigenvalue weighted by Crippen LogP contribution is 2.33. The van der Waals surface area contributed by atoms with Crippen LogP contribution in [-0.4, -0.2) is 16.0 Å². The average molecular weight is 603 g/mol. The zero-order valence-electron chi connectivity index (χ0n) is 19.1. The van der Waals surface area contributed by atoms with Gasteiger partial charge in [0.1, 0.15) is 17.0 Å². The van der Waals surface area contributed by atoms with E-state index in [0.717, 1.165) is 0 Å². The van der Waals surface area contributed by atoms with E-state index < -0.39 is 5.91 Å². The zero-order chi connectivity index (χ0) is 26.8. The molecule has 0 aliphatic heterocycles. The van der Waals surface area contributed by atoms with Crippen LogP contribution in [0.4, 0.5) is 5.69 Å². The third-order valence-electron chi connectivity index (χ3n) is 5.27. The van der Waals surface area contributed by atoms with Crippen molar-refractivity contribution in [3.05, 3.63) is 98.7 Å². The Balaban J connectivity index is 1.21. The molecule has 0 saturated carbocycles. The van der Waals surface area contributed by atoms with Gasteiger partial charge >= 0.3 is 0 Å². The fraction of sp³-hybridized carbons (Fsp3) is 0. The summed E-state index contributed by atoms with van der Waals surface area (Å²) in [7, 11) is 0. The maximum Gasteiger partial charge on any atom is 0.250 e. The maximum absolute atomic E-state index is 12.4. The van der Waals surface area contributed by atoms with Gasteiger partial charge in [0.2, 0.25) is 11.8 Å². The number of fused-ring (bicyclic) bond motifs is 1. The first kappa shape index (κ1) is 26.3. The summed E-state index contributed by atoms with van der Waals surface area (Å²) in [4.78, 5) is 16.9. The highest BCUT2D eigenvalue weighted by Gasteiger charge is 2.13. The van der Waals surface area contributed by atoms with Gasteiger partial charge in [0.25, 0.3) is 0 Å². The molecule has 0 aliphatic rings. The quantitative estimate of drug-likeness (QED) is 0.154. The monoisotopic (exact) mass is 601 g/mol. The molecular weight excluding hydrogens is 588 g/mol. The smallest absolute Gasteiger partial charge is 0.250 e. The molecule has 6 nitrogen and oxygen atoms in total. The second-order valence-corrected chi connectivity index (χ2v) is 10.0. The lowest BCUT2D eigenvalue weighted by atomic mass is 10.2. The van der Waals surface area contributed by atoms with Crippen molar-refractivity contribution in [2.45, 2.75) is 0 Å². The van der Waals surface area contributed by atoms with Gasteiger partial charge in [-0.3, -0.25) is 10.1 Å². The second-order valence-electron chi connectivity index (χ2n) is 7.93. The zero-order valence-corrected chi connectivity index (χ0v) is 22.9. The number of furan rings is 1. The van der Waals surface area contributed by atoms with E-state index in [0.29, 0.717) is 65.4 Å². The van der Waals surface area contributed by atoms with Crippen LogP contribution in [0.1, 0.15) is 5.76 Å². The highest BCUT2D eigenvalue weighted by molar-refractivity contribution is 7.80. The number of carbonyl (C=O) groups is 1. The molecule has 0 bridgehead atoms. The molecule has 0 saturated heterocycles. The van der Waals surface area contributed by atoms with Gasteiger partial charge in [0, 0.05) is 27.4 Å². The van der Waals surface area contributed by atoms with Crippen molar-refractivity contribution >= 4 is 92.5 Å². The van der Waals surface area contributed by atoms with Crippen LogP contribution in [0.2, 0.25) is 20.1 Å². The normalized spacial score (nSPS) is 11.3. The lowest BCUT2D eigenvalue weighted by Crippen LogP contribution is -2.32. The Morgan fingerprint density at radius 3 is 2.26 bits per heavy atom. The van der Waals surface area contributed by atoms with Crippen LogP contribution in [0.5, 0.6) is 0 Å². The van der Waals surface area contributed by atoms with E-state index in [2.05, 4.69) is 15.6 Å². The number of rotatable bonds is 5. The predicted octanol–water partition coefficient (Wildman–Crippen LogP) is 8.89. The Kier molecular flexibility index (Phi) is 7.74. The first-order valence-electron chi connectivity index (χ1n) is 11.0. The number of oxazole rings is 1. The van der Waals surface area contributed by atoms with Crippen molar-refractivity contribution < 1.29 is 13.6 Å². The number of thiocarbonyl (C=S) groups is 1. The molecule has 190 valence electrons. The standard InChI is InChI=1S/C27H15Cl4N3O3S/c28-14-1-6-18(20(30)11-14)23-9-4-17(36-23)5-10-25(35)34-27(38)32-16-3-8-24-22(13-16)33-26(37-24)19-7-2-15(29)12-21(19)31/h1-13H,(H2,32,34,35,38)/b10-5+. The number of carbonyl (C=O) groups excluding carboxylic acids is 1. The number of hydrogen-bond donors (Lipinski definition) is 2. The van der Waals surface area contributed by atoms with Crippen molar-refractivity contribution in [2.75, 3.05) is 5.32 Å². The van der Waals surface area contributed by atoms with Gasteiger partial charge < -0.3 is 14.2 Å². The van der Waals surface area contributed by atoms with E-state index in [1.807, 2.05) is 0 Å². The van der Waals surface area contributed by atoms with Gasteiger partial charge in [0.05, 0.1) is 15.6 Å². The van der Waals surface area contributed by atoms with E-state index in [1.54, 1.807) is 66.7 Å². The summed E-state index contributed by atoms with van der Waals surface area (Å²) >= 11 is 29.7. The minimum Gasteiger partial charge on any atom is -0.457 e. The van der Waals surface area contributed by atoms with Crippen LogP contribution >= 0.6 is 58.6 Å². The number of halogens is 4. The minimum absolute atomic E-state index is 0.108. The SMILES string of the molecule is O=C(/C=C/c1ccc(-c2ccc(Cl)cc2Cl)o1)NC(=S)Nc1ccc2oc(-c3ccc(Cl)cc3Cl)nc2c1. The minimum atomic E-state index is -0.438. The first-order valence-corrected chi connectivity index (χ1v) is 12.9. The van der Waals surface area contributed by atoms with E-state index in [1.165, 1.54) is 12.2 Å². The molecule has 0 aliphatic carbocycles. The number of hydrogen-bond acceptors (Lipinski definition) is 5. The summed E-state index contributed by atoms with van der Waals surface area (Å²) in [6.45, 7) is 0. The molecule has 0 spiro atoms. The molecule has 0 radical (unpaired) electrons. The van der Waals surface area contributed by atoms with E-state index in [-0.39, 0.29) is 5.11 Å². The largest absolute Gasteiger partial charge is 0.457 e. The van der Waals surface area contributed by atoms with Crippen molar-refractivity contribution in [3.63, 3.8) is 0 Å². The molecule has 0 unspecified atom stereocenters. The molecular formula is C27H15Cl4N3O3S. The Morgan fingerprint density at radius 2 is 1.55 bits per heavy atom. The molecule has 2 aromatic heterocycles. The summed E-state index contributed by atoms with van der Waals surface area (Å²) in [5, 5.41) is 7.59. The summed E-state index contributed by atoms with van der Waals surface area (Å²) < 4.78 is 11.6. The molecule has 0 fully saturated rings. The second kappa shape index (κ2) is 11.2. The fourth-order valence-corrected chi connectivity index (χ4v) is 4.74. The molecule has 11 heteroatoms. The third-order valence-corrected chi connectivity index (χ3v) is 6.57. The highest BCUT2D eigenvalue weighted by atomic mass is 35.5. The average Bonchev–Trinajstić information content (AvgIpc) is 3.49. The van der Waals surface area contributed by atoms with E-state index in [4.69, 9.17) is 67.5 Å². The first-order chi connectivity index (χ1) is 18.2. The number of anilines is 1. The number of amides is 1. The van der Waals surface area contributed by atoms with Gasteiger partial charge in [-0.15, -0.1) is 0 Å². The van der Waals surface area contributed by atoms with E-state index in [9.17, 15) is 4.79 Å². The molecule has 1 amide bonds. The predicted molar refractivity (Wildman–Crippen MR) is 157 cm³/mol. The molecule has 2 N–H and O–H groups in total. The molecule has 3 aromatic carbocycles. The van der Waals surface area contributed by atoms with Crippen LogP contribution < -0.4 is 10.6 Å². The Labute approximate surface area is 242 Å². The maximum atomic E-state index is 12.4. The molecule has 38 heavy (non-hydrogen) atoms. The summed E-state index contributed by atoms with van der Waals surface area (Å²) in [6.07, 6.45) is 2.83. The fourth-order valence-electron chi connectivity index (χ4n) is 3.53. The lowest BCUT2D eigenvalue weighted by molar-refractivity contribution is -0.115. The Bertz CT molecular complexity index is 1730.